The molecule has 105 heavy (non-hydrogen) atoms. The van der Waals surface area contributed by atoms with Crippen LogP contribution in [-0.2, 0) is 65.4 Å². The smallest absolute Gasteiger partial charge is 0.462 e. The van der Waals surface area contributed by atoms with Gasteiger partial charge in [-0.05, 0) is 31.6 Å². The number of unbranched alkanes of at least 4 members (excludes halogenated alkanes) is 58. The molecule has 0 aromatic carbocycles. The van der Waals surface area contributed by atoms with E-state index >= 15 is 0 Å². The van der Waals surface area contributed by atoms with Crippen molar-refractivity contribution < 1.29 is 80.2 Å². The van der Waals surface area contributed by atoms with Gasteiger partial charge in [0.2, 0.25) is 0 Å². The van der Waals surface area contributed by atoms with E-state index in [2.05, 4.69) is 34.6 Å². The number of esters is 4. The minimum atomic E-state index is -4.97. The van der Waals surface area contributed by atoms with Crippen molar-refractivity contribution in [1.29, 1.82) is 0 Å². The monoisotopic (exact) mass is 1540 g/mol. The molecule has 0 bridgehead atoms. The summed E-state index contributed by atoms with van der Waals surface area (Å²) in [6.45, 7) is 7.29. The molecular formula is C86H168O17P2. The highest BCUT2D eigenvalue weighted by Gasteiger charge is 2.30. The van der Waals surface area contributed by atoms with Crippen molar-refractivity contribution in [2.45, 2.75) is 483 Å². The highest BCUT2D eigenvalue weighted by atomic mass is 31.2. The number of aliphatic hydroxyl groups is 1. The number of phosphoric ester groups is 2. The molecule has 5 atom stereocenters. The summed E-state index contributed by atoms with van der Waals surface area (Å²) in [7, 11) is -9.92. The first-order chi connectivity index (χ1) is 51.0. The number of phosphoric acid groups is 2. The van der Waals surface area contributed by atoms with Crippen LogP contribution in [0.1, 0.15) is 465 Å². The van der Waals surface area contributed by atoms with Crippen LogP contribution in [0.3, 0.4) is 0 Å². The van der Waals surface area contributed by atoms with Gasteiger partial charge in [-0.2, -0.15) is 0 Å². The molecule has 0 aromatic rings. The predicted molar refractivity (Wildman–Crippen MR) is 432 cm³/mol. The molecule has 17 nitrogen and oxygen atoms in total. The number of carbonyl (C=O) groups is 4. The van der Waals surface area contributed by atoms with Gasteiger partial charge in [-0.15, -0.1) is 0 Å². The topological polar surface area (TPSA) is 237 Å². The van der Waals surface area contributed by atoms with E-state index in [0.717, 1.165) is 96.3 Å². The molecule has 3 N–H and O–H groups in total. The van der Waals surface area contributed by atoms with E-state index in [4.69, 9.17) is 37.0 Å². The average Bonchev–Trinajstić information content (AvgIpc) is 0.961. The Morgan fingerprint density at radius 2 is 0.438 bits per heavy atom. The van der Waals surface area contributed by atoms with E-state index < -0.39 is 97.5 Å². The van der Waals surface area contributed by atoms with Crippen molar-refractivity contribution in [3.05, 3.63) is 0 Å². The Bertz CT molecular complexity index is 2000. The fourth-order valence-electron chi connectivity index (χ4n) is 13.5. The molecule has 19 heteroatoms. The van der Waals surface area contributed by atoms with Gasteiger partial charge in [0.1, 0.15) is 19.3 Å². The zero-order valence-electron chi connectivity index (χ0n) is 68.9. The number of ether oxygens (including phenoxy) is 4. The summed E-state index contributed by atoms with van der Waals surface area (Å²) in [5.74, 6) is -1.40. The zero-order chi connectivity index (χ0) is 76.9. The molecule has 0 radical (unpaired) electrons. The minimum Gasteiger partial charge on any atom is -0.462 e. The van der Waals surface area contributed by atoms with Crippen LogP contribution in [0, 0.1) is 5.92 Å². The summed E-state index contributed by atoms with van der Waals surface area (Å²) in [6, 6.07) is 0. The Balaban J connectivity index is 5.18. The van der Waals surface area contributed by atoms with Gasteiger partial charge in [0.25, 0.3) is 0 Å². The molecule has 0 aliphatic rings. The van der Waals surface area contributed by atoms with Crippen LogP contribution in [-0.4, -0.2) is 96.7 Å². The van der Waals surface area contributed by atoms with Crippen LogP contribution < -0.4 is 0 Å². The summed E-state index contributed by atoms with van der Waals surface area (Å²) in [4.78, 5) is 73.1. The molecule has 0 aromatic heterocycles. The van der Waals surface area contributed by atoms with E-state index in [-0.39, 0.29) is 25.7 Å². The number of carbonyl (C=O) groups excluding carboxylic acids is 4. The third-order valence-electron chi connectivity index (χ3n) is 20.3. The van der Waals surface area contributed by atoms with Crippen molar-refractivity contribution in [2.24, 2.45) is 5.92 Å². The van der Waals surface area contributed by atoms with Gasteiger partial charge in [0.05, 0.1) is 26.4 Å². The van der Waals surface area contributed by atoms with Crippen molar-refractivity contribution in [2.75, 3.05) is 39.6 Å². The maximum Gasteiger partial charge on any atom is 0.472 e. The first kappa shape index (κ1) is 103. The molecule has 2 unspecified atom stereocenters. The van der Waals surface area contributed by atoms with Crippen LogP contribution in [0.4, 0.5) is 0 Å². The Kier molecular flexibility index (Phi) is 77.3. The molecule has 0 heterocycles. The lowest BCUT2D eigenvalue weighted by molar-refractivity contribution is -0.161. The molecule has 0 aliphatic heterocycles. The van der Waals surface area contributed by atoms with E-state index in [1.165, 1.54) is 283 Å². The van der Waals surface area contributed by atoms with Gasteiger partial charge >= 0.3 is 39.5 Å². The normalized spacial score (nSPS) is 13.8. The number of hydrogen-bond acceptors (Lipinski definition) is 15. The van der Waals surface area contributed by atoms with Gasteiger partial charge < -0.3 is 33.8 Å². The van der Waals surface area contributed by atoms with Gasteiger partial charge in [0.15, 0.2) is 12.2 Å². The third kappa shape index (κ3) is 79.9. The van der Waals surface area contributed by atoms with Gasteiger partial charge in [-0.1, -0.05) is 413 Å². The lowest BCUT2D eigenvalue weighted by atomic mass is 10.0. The molecule has 0 fully saturated rings. The van der Waals surface area contributed by atoms with Crippen LogP contribution >= 0.6 is 15.6 Å². The Hall–Kier alpha value is -1.94. The third-order valence-corrected chi connectivity index (χ3v) is 22.2. The molecule has 0 saturated heterocycles. The van der Waals surface area contributed by atoms with E-state index in [0.29, 0.717) is 31.6 Å². The summed E-state index contributed by atoms with van der Waals surface area (Å²) < 4.78 is 68.8. The SMILES string of the molecule is CCCCCCCCCCCCCCCCCCCCCCCCC(=O)O[C@H](COC(=O)CCCCCCCCCCCCCCCCCCCCCCC)COP(=O)(O)OC[C@@H](O)COP(=O)(O)OC[C@@H](COC(=O)CCCCCCCCCC(C)C)OC(=O)CCCCCCCCCCCCCC. The van der Waals surface area contributed by atoms with Crippen molar-refractivity contribution in [3.8, 4) is 0 Å². The Labute approximate surface area is 645 Å². The van der Waals surface area contributed by atoms with Gasteiger partial charge in [0, 0.05) is 25.7 Å². The average molecular weight is 1540 g/mol. The second-order valence-corrected chi connectivity index (χ2v) is 34.3. The summed E-state index contributed by atoms with van der Waals surface area (Å²) in [5, 5.41) is 10.7. The molecule has 0 rings (SSSR count). The minimum absolute atomic E-state index is 0.107. The van der Waals surface area contributed by atoms with Crippen molar-refractivity contribution >= 4 is 39.5 Å². The lowest BCUT2D eigenvalue weighted by Gasteiger charge is -2.21. The Morgan fingerprint density at radius 3 is 0.648 bits per heavy atom. The standard InChI is InChI=1S/C86H168O17P2/c1-6-9-12-15-18-21-24-27-29-31-33-35-37-39-41-43-45-48-51-56-62-67-72-86(91)102-81(75-96-83(88)69-64-59-54-49-47-44-42-40-38-36-34-32-30-28-25-22-19-16-13-10-7-2)77-100-104(92,93)98-73-80(87)74-99-105(94,95)101-78-82(76-97-84(89)70-65-60-57-52-53-58-63-68-79(4)5)103-85(90)71-66-61-55-50-46-26-23-20-17-14-11-8-3/h79-82,87H,6-78H2,1-5H3,(H,92,93)(H,94,95)/t80-,81-,82-/m1/s1. The van der Waals surface area contributed by atoms with Crippen LogP contribution in [0.15, 0.2) is 0 Å². The molecule has 0 spiro atoms. The van der Waals surface area contributed by atoms with Crippen LogP contribution in [0.5, 0.6) is 0 Å². The first-order valence-corrected chi connectivity index (χ1v) is 47.6. The van der Waals surface area contributed by atoms with Crippen molar-refractivity contribution in [3.63, 3.8) is 0 Å². The highest BCUT2D eigenvalue weighted by molar-refractivity contribution is 7.47. The second kappa shape index (κ2) is 78.7. The fourth-order valence-corrected chi connectivity index (χ4v) is 15.1. The van der Waals surface area contributed by atoms with Crippen molar-refractivity contribution in [1.82, 2.24) is 0 Å². The zero-order valence-corrected chi connectivity index (χ0v) is 70.7. The first-order valence-electron chi connectivity index (χ1n) is 44.6. The largest absolute Gasteiger partial charge is 0.472 e. The van der Waals surface area contributed by atoms with E-state index in [1.807, 2.05) is 0 Å². The Morgan fingerprint density at radius 1 is 0.257 bits per heavy atom. The molecule has 0 amide bonds. The molecule has 0 aliphatic carbocycles. The maximum absolute atomic E-state index is 13.1. The second-order valence-electron chi connectivity index (χ2n) is 31.4. The maximum atomic E-state index is 13.1. The van der Waals surface area contributed by atoms with Gasteiger partial charge in [-0.3, -0.25) is 37.3 Å². The lowest BCUT2D eigenvalue weighted by Crippen LogP contribution is -2.30. The number of aliphatic hydroxyl groups excluding tert-OH is 1. The quantitative estimate of drug-likeness (QED) is 0.0222. The predicted octanol–water partition coefficient (Wildman–Crippen LogP) is 26.4. The van der Waals surface area contributed by atoms with Gasteiger partial charge in [-0.25, -0.2) is 9.13 Å². The summed E-state index contributed by atoms with van der Waals surface area (Å²) in [5.41, 5.74) is 0. The van der Waals surface area contributed by atoms with Crippen LogP contribution in [0.25, 0.3) is 0 Å². The van der Waals surface area contributed by atoms with E-state index in [9.17, 15) is 43.2 Å². The molecular weight excluding hydrogens is 1370 g/mol. The number of hydrogen-bond donors (Lipinski definition) is 3. The number of rotatable bonds is 86. The van der Waals surface area contributed by atoms with E-state index in [1.54, 1.807) is 0 Å². The summed E-state index contributed by atoms with van der Waals surface area (Å²) >= 11 is 0. The summed E-state index contributed by atoms with van der Waals surface area (Å²) in [6.07, 6.45) is 72.5. The fraction of sp³-hybridized carbons (Fsp3) is 0.953. The molecule has 624 valence electrons. The van der Waals surface area contributed by atoms with Crippen LogP contribution in [0.2, 0.25) is 0 Å². The highest BCUT2D eigenvalue weighted by Crippen LogP contribution is 2.45. The molecule has 0 saturated carbocycles.